The van der Waals surface area contributed by atoms with Crippen molar-refractivity contribution in [2.45, 2.75) is 18.9 Å². The molecule has 0 aliphatic carbocycles. The first-order chi connectivity index (χ1) is 7.68. The zero-order valence-electron chi connectivity index (χ0n) is 9.59. The highest BCUT2D eigenvalue weighted by Gasteiger charge is 2.40. The molecule has 2 heterocycles. The Morgan fingerprint density at radius 1 is 1.62 bits per heavy atom. The van der Waals surface area contributed by atoms with Gasteiger partial charge in [-0.2, -0.15) is 5.10 Å². The molecule has 1 unspecified atom stereocenters. The van der Waals surface area contributed by atoms with E-state index in [1.54, 1.807) is 4.68 Å². The number of hydrogen-bond acceptors (Lipinski definition) is 4. The predicted octanol–water partition coefficient (Wildman–Crippen LogP) is 0.209. The SMILES string of the molecule is Cn1ccc(C(O)C2(CN)CCOCC2)n1. The second kappa shape index (κ2) is 4.53. The minimum Gasteiger partial charge on any atom is -0.386 e. The largest absolute Gasteiger partial charge is 0.386 e. The highest BCUT2D eigenvalue weighted by molar-refractivity contribution is 5.09. The molecule has 0 amide bonds. The minimum atomic E-state index is -0.595. The van der Waals surface area contributed by atoms with Crippen LogP contribution in [0.4, 0.5) is 0 Å². The van der Waals surface area contributed by atoms with Gasteiger partial charge in [0.1, 0.15) is 6.10 Å². The van der Waals surface area contributed by atoms with Gasteiger partial charge < -0.3 is 15.6 Å². The summed E-state index contributed by atoms with van der Waals surface area (Å²) < 4.78 is 7.02. The van der Waals surface area contributed by atoms with Crippen LogP contribution in [0.2, 0.25) is 0 Å². The molecule has 0 spiro atoms. The molecule has 16 heavy (non-hydrogen) atoms. The van der Waals surface area contributed by atoms with Gasteiger partial charge in [-0.25, -0.2) is 0 Å². The van der Waals surface area contributed by atoms with Crippen LogP contribution in [-0.2, 0) is 11.8 Å². The van der Waals surface area contributed by atoms with Gasteiger partial charge in [-0.1, -0.05) is 0 Å². The molecule has 90 valence electrons. The van der Waals surface area contributed by atoms with E-state index < -0.39 is 6.10 Å². The first kappa shape index (κ1) is 11.6. The van der Waals surface area contributed by atoms with Gasteiger partial charge in [-0.3, -0.25) is 4.68 Å². The van der Waals surface area contributed by atoms with Crippen molar-refractivity contribution in [3.8, 4) is 0 Å². The molecule has 1 aromatic heterocycles. The van der Waals surface area contributed by atoms with Crippen LogP contribution in [0.5, 0.6) is 0 Å². The Kier molecular flexibility index (Phi) is 3.28. The second-order valence-corrected chi connectivity index (χ2v) is 4.50. The molecule has 1 atom stereocenters. The van der Waals surface area contributed by atoms with Crippen LogP contribution >= 0.6 is 0 Å². The highest BCUT2D eigenvalue weighted by Crippen LogP contribution is 2.40. The van der Waals surface area contributed by atoms with Crippen molar-refractivity contribution >= 4 is 0 Å². The number of aliphatic hydroxyl groups excluding tert-OH is 1. The van der Waals surface area contributed by atoms with E-state index in [0.717, 1.165) is 12.8 Å². The van der Waals surface area contributed by atoms with Crippen LogP contribution in [0.25, 0.3) is 0 Å². The molecule has 1 aromatic rings. The van der Waals surface area contributed by atoms with Crippen LogP contribution in [-0.4, -0.2) is 34.6 Å². The van der Waals surface area contributed by atoms with Gasteiger partial charge in [0.2, 0.25) is 0 Å². The normalized spacial score (nSPS) is 21.9. The average Bonchev–Trinajstić information content (AvgIpc) is 2.76. The molecule has 0 radical (unpaired) electrons. The molecule has 2 rings (SSSR count). The molecule has 1 aliphatic heterocycles. The van der Waals surface area contributed by atoms with E-state index in [1.165, 1.54) is 0 Å². The van der Waals surface area contributed by atoms with Crippen molar-refractivity contribution < 1.29 is 9.84 Å². The number of rotatable bonds is 3. The van der Waals surface area contributed by atoms with Crippen molar-refractivity contribution in [1.82, 2.24) is 9.78 Å². The summed E-state index contributed by atoms with van der Waals surface area (Å²) in [5.41, 5.74) is 6.27. The molecule has 0 aromatic carbocycles. The molecular formula is C11H19N3O2. The fourth-order valence-electron chi connectivity index (χ4n) is 2.26. The van der Waals surface area contributed by atoms with E-state index >= 15 is 0 Å². The van der Waals surface area contributed by atoms with Crippen LogP contribution in [0.1, 0.15) is 24.6 Å². The first-order valence-electron chi connectivity index (χ1n) is 5.63. The lowest BCUT2D eigenvalue weighted by Gasteiger charge is -2.39. The highest BCUT2D eigenvalue weighted by atomic mass is 16.5. The zero-order valence-corrected chi connectivity index (χ0v) is 9.59. The molecule has 0 saturated carbocycles. The number of nitrogens with zero attached hydrogens (tertiary/aromatic N) is 2. The summed E-state index contributed by atoms with van der Waals surface area (Å²) in [7, 11) is 1.84. The van der Waals surface area contributed by atoms with Crippen molar-refractivity contribution in [3.63, 3.8) is 0 Å². The van der Waals surface area contributed by atoms with E-state index in [-0.39, 0.29) is 5.41 Å². The van der Waals surface area contributed by atoms with Gasteiger partial charge in [0, 0.05) is 38.4 Å². The lowest BCUT2D eigenvalue weighted by Crippen LogP contribution is -2.41. The number of aliphatic hydroxyl groups is 1. The predicted molar refractivity (Wildman–Crippen MR) is 59.7 cm³/mol. The zero-order chi connectivity index (χ0) is 11.6. The van der Waals surface area contributed by atoms with Crippen LogP contribution < -0.4 is 5.73 Å². The Morgan fingerprint density at radius 2 is 2.31 bits per heavy atom. The van der Waals surface area contributed by atoms with Crippen molar-refractivity contribution in [2.75, 3.05) is 19.8 Å². The Labute approximate surface area is 95.2 Å². The summed E-state index contributed by atoms with van der Waals surface area (Å²) in [5, 5.41) is 14.6. The molecule has 1 aliphatic rings. The maximum atomic E-state index is 10.4. The number of aryl methyl sites for hydroxylation is 1. The number of nitrogens with two attached hydrogens (primary N) is 1. The summed E-state index contributed by atoms with van der Waals surface area (Å²) in [6.07, 6.45) is 2.83. The third-order valence-corrected chi connectivity index (χ3v) is 3.49. The topological polar surface area (TPSA) is 73.3 Å². The number of aromatic nitrogens is 2. The maximum Gasteiger partial charge on any atom is 0.105 e. The van der Waals surface area contributed by atoms with Crippen molar-refractivity contribution in [1.29, 1.82) is 0 Å². The van der Waals surface area contributed by atoms with Gasteiger partial charge in [0.15, 0.2) is 0 Å². The van der Waals surface area contributed by atoms with E-state index in [1.807, 2.05) is 19.3 Å². The lowest BCUT2D eigenvalue weighted by molar-refractivity contribution is -0.0599. The Hall–Kier alpha value is -0.910. The molecule has 1 fully saturated rings. The Bertz CT molecular complexity index is 345. The van der Waals surface area contributed by atoms with Crippen LogP contribution in [0.15, 0.2) is 12.3 Å². The molecule has 1 saturated heterocycles. The standard InChI is InChI=1S/C11H19N3O2/c1-14-5-2-9(13-14)10(15)11(8-12)3-6-16-7-4-11/h2,5,10,15H,3-4,6-8,12H2,1H3. The van der Waals surface area contributed by atoms with Crippen molar-refractivity contribution in [3.05, 3.63) is 18.0 Å². The molecule has 3 N–H and O–H groups in total. The summed E-state index contributed by atoms with van der Waals surface area (Å²) in [6, 6.07) is 1.84. The third kappa shape index (κ3) is 1.98. The average molecular weight is 225 g/mol. The van der Waals surface area contributed by atoms with Crippen LogP contribution in [0, 0.1) is 5.41 Å². The quantitative estimate of drug-likeness (QED) is 0.771. The second-order valence-electron chi connectivity index (χ2n) is 4.50. The minimum absolute atomic E-state index is 0.271. The van der Waals surface area contributed by atoms with Gasteiger partial charge >= 0.3 is 0 Å². The van der Waals surface area contributed by atoms with Gasteiger partial charge in [-0.05, 0) is 18.9 Å². The third-order valence-electron chi connectivity index (χ3n) is 3.49. The van der Waals surface area contributed by atoms with Gasteiger partial charge in [-0.15, -0.1) is 0 Å². The Balaban J connectivity index is 2.20. The molecule has 5 heteroatoms. The first-order valence-corrected chi connectivity index (χ1v) is 5.63. The monoisotopic (exact) mass is 225 g/mol. The fourth-order valence-corrected chi connectivity index (χ4v) is 2.26. The number of ether oxygens (including phenoxy) is 1. The van der Waals surface area contributed by atoms with E-state index in [9.17, 15) is 5.11 Å². The summed E-state index contributed by atoms with van der Waals surface area (Å²) in [5.74, 6) is 0. The lowest BCUT2D eigenvalue weighted by atomic mass is 9.74. The van der Waals surface area contributed by atoms with E-state index in [4.69, 9.17) is 10.5 Å². The van der Waals surface area contributed by atoms with Crippen LogP contribution in [0.3, 0.4) is 0 Å². The summed E-state index contributed by atoms with van der Waals surface area (Å²) in [4.78, 5) is 0. The fraction of sp³-hybridized carbons (Fsp3) is 0.727. The Morgan fingerprint density at radius 3 is 2.81 bits per heavy atom. The molecule has 5 nitrogen and oxygen atoms in total. The molecule has 0 bridgehead atoms. The van der Waals surface area contributed by atoms with E-state index in [2.05, 4.69) is 5.10 Å². The summed E-state index contributed by atoms with van der Waals surface area (Å²) in [6.45, 7) is 1.80. The smallest absolute Gasteiger partial charge is 0.105 e. The van der Waals surface area contributed by atoms with E-state index in [0.29, 0.717) is 25.5 Å². The van der Waals surface area contributed by atoms with Gasteiger partial charge in [0.05, 0.1) is 5.69 Å². The summed E-state index contributed by atoms with van der Waals surface area (Å²) >= 11 is 0. The maximum absolute atomic E-state index is 10.4. The number of hydrogen-bond donors (Lipinski definition) is 2. The molecular weight excluding hydrogens is 206 g/mol. The van der Waals surface area contributed by atoms with Gasteiger partial charge in [0.25, 0.3) is 0 Å². The van der Waals surface area contributed by atoms with Crippen molar-refractivity contribution in [2.24, 2.45) is 18.2 Å².